The van der Waals surface area contributed by atoms with Crippen LogP contribution >= 0.6 is 0 Å². The first-order valence-electron chi connectivity index (χ1n) is 9.03. The molecule has 0 radical (unpaired) electrons. The molecule has 2 aromatic rings. The smallest absolute Gasteiger partial charge is 0.320 e. The molecule has 0 saturated heterocycles. The third-order valence-corrected chi connectivity index (χ3v) is 5.25. The molecule has 7 heteroatoms. The van der Waals surface area contributed by atoms with E-state index >= 15 is 0 Å². The van der Waals surface area contributed by atoms with Crippen LogP contribution in [0, 0.1) is 6.92 Å². The summed E-state index contributed by atoms with van der Waals surface area (Å²) in [4.78, 5) is 12.3. The first-order chi connectivity index (χ1) is 12.6. The van der Waals surface area contributed by atoms with Crippen molar-refractivity contribution in [3.8, 4) is 11.5 Å². The second-order valence-corrected chi connectivity index (χ2v) is 7.04. The fraction of sp³-hybridized carbons (Fsp3) is 0.474. The summed E-state index contributed by atoms with van der Waals surface area (Å²) in [5.41, 5.74) is 1.11. The van der Waals surface area contributed by atoms with E-state index in [0.717, 1.165) is 37.2 Å². The molecule has 2 amide bonds. The lowest BCUT2D eigenvalue weighted by molar-refractivity contribution is 0.174. The van der Waals surface area contributed by atoms with Gasteiger partial charge in [0.05, 0.1) is 0 Å². The van der Waals surface area contributed by atoms with Crippen LogP contribution in [0.25, 0.3) is 0 Å². The number of amides is 2. The predicted molar refractivity (Wildman–Crippen MR) is 95.6 cm³/mol. The van der Waals surface area contributed by atoms with E-state index < -0.39 is 0 Å². The fourth-order valence-electron chi connectivity index (χ4n) is 3.86. The van der Waals surface area contributed by atoms with Crippen molar-refractivity contribution in [1.82, 2.24) is 10.5 Å². The number of ether oxygens (including phenoxy) is 2. The molecular weight excluding hydrogens is 334 g/mol. The lowest BCUT2D eigenvalue weighted by Gasteiger charge is -2.38. The number of carbonyl (C=O) groups excluding carboxylic acids is 1. The summed E-state index contributed by atoms with van der Waals surface area (Å²) in [6, 6.07) is 7.54. The van der Waals surface area contributed by atoms with Crippen LogP contribution in [-0.4, -0.2) is 24.5 Å². The van der Waals surface area contributed by atoms with Gasteiger partial charge in [0.2, 0.25) is 6.79 Å². The molecular formula is C19H23N3O4. The maximum absolute atomic E-state index is 12.3. The quantitative estimate of drug-likeness (QED) is 0.871. The molecule has 1 aliphatic heterocycles. The molecule has 26 heavy (non-hydrogen) atoms. The molecule has 1 aromatic carbocycles. The highest BCUT2D eigenvalue weighted by Crippen LogP contribution is 2.43. The highest BCUT2D eigenvalue weighted by molar-refractivity contribution is 5.88. The number of rotatable bonds is 4. The molecule has 1 saturated carbocycles. The van der Waals surface area contributed by atoms with Crippen molar-refractivity contribution in [2.24, 2.45) is 0 Å². The normalized spacial score (nSPS) is 17.7. The van der Waals surface area contributed by atoms with Crippen molar-refractivity contribution in [2.75, 3.05) is 18.7 Å². The number of hydrogen-bond donors (Lipinski definition) is 2. The van der Waals surface area contributed by atoms with Gasteiger partial charge in [0.1, 0.15) is 5.76 Å². The molecule has 0 unspecified atom stereocenters. The van der Waals surface area contributed by atoms with Crippen molar-refractivity contribution in [1.29, 1.82) is 0 Å². The van der Waals surface area contributed by atoms with E-state index in [1.807, 2.05) is 6.07 Å². The van der Waals surface area contributed by atoms with Crippen LogP contribution in [0.1, 0.15) is 43.4 Å². The molecule has 2 N–H and O–H groups in total. The highest BCUT2D eigenvalue weighted by Gasteiger charge is 2.35. The van der Waals surface area contributed by atoms with Gasteiger partial charge in [-0.1, -0.05) is 30.5 Å². The van der Waals surface area contributed by atoms with Crippen LogP contribution in [0.2, 0.25) is 0 Å². The number of anilines is 1. The topological polar surface area (TPSA) is 85.6 Å². The maximum Gasteiger partial charge on any atom is 0.320 e. The van der Waals surface area contributed by atoms with Gasteiger partial charge in [-0.2, -0.15) is 0 Å². The van der Waals surface area contributed by atoms with Crippen molar-refractivity contribution in [2.45, 2.75) is 44.4 Å². The Morgan fingerprint density at radius 3 is 2.73 bits per heavy atom. The Morgan fingerprint density at radius 2 is 1.96 bits per heavy atom. The largest absolute Gasteiger partial charge is 0.454 e. The zero-order chi connectivity index (χ0) is 18.0. The van der Waals surface area contributed by atoms with Gasteiger partial charge < -0.3 is 19.3 Å². The van der Waals surface area contributed by atoms with E-state index in [1.54, 1.807) is 13.0 Å². The Balaban J connectivity index is 1.48. The molecule has 1 aromatic heterocycles. The summed E-state index contributed by atoms with van der Waals surface area (Å²) >= 11 is 0. The maximum atomic E-state index is 12.3. The number of carbonyl (C=O) groups is 1. The van der Waals surface area contributed by atoms with Crippen LogP contribution in [0.4, 0.5) is 10.6 Å². The number of benzene rings is 1. The zero-order valence-corrected chi connectivity index (χ0v) is 14.8. The lowest BCUT2D eigenvalue weighted by Crippen LogP contribution is -2.43. The second kappa shape index (κ2) is 6.90. The summed E-state index contributed by atoms with van der Waals surface area (Å²) in [5, 5.41) is 9.51. The first-order valence-corrected chi connectivity index (χ1v) is 9.03. The van der Waals surface area contributed by atoms with Crippen LogP contribution in [0.15, 0.2) is 28.8 Å². The monoisotopic (exact) mass is 357 g/mol. The minimum atomic E-state index is -0.274. The van der Waals surface area contributed by atoms with Gasteiger partial charge in [0, 0.05) is 18.0 Å². The standard InChI is InChI=1S/C19H23N3O4/c1-13-9-17(22-26-13)21-18(23)20-11-19(7-3-2-4-8-19)14-5-6-15-16(10-14)25-12-24-15/h5-6,9-10H,2-4,7-8,11-12H2,1H3,(H2,20,21,22,23). The van der Waals surface area contributed by atoms with Gasteiger partial charge in [-0.05, 0) is 37.5 Å². The Morgan fingerprint density at radius 1 is 1.15 bits per heavy atom. The van der Waals surface area contributed by atoms with Gasteiger partial charge in [0.15, 0.2) is 17.3 Å². The van der Waals surface area contributed by atoms with Crippen LogP contribution in [0.5, 0.6) is 11.5 Å². The molecule has 4 rings (SSSR count). The molecule has 7 nitrogen and oxygen atoms in total. The van der Waals surface area contributed by atoms with Gasteiger partial charge in [-0.3, -0.25) is 5.32 Å². The number of urea groups is 1. The highest BCUT2D eigenvalue weighted by atomic mass is 16.7. The van der Waals surface area contributed by atoms with Gasteiger partial charge in [0.25, 0.3) is 0 Å². The number of aromatic nitrogens is 1. The van der Waals surface area contributed by atoms with Crippen LogP contribution in [-0.2, 0) is 5.41 Å². The van der Waals surface area contributed by atoms with E-state index in [1.165, 1.54) is 12.0 Å². The molecule has 1 aliphatic carbocycles. The summed E-state index contributed by atoms with van der Waals surface area (Å²) < 4.78 is 15.9. The number of hydrogen-bond acceptors (Lipinski definition) is 5. The molecule has 1 fully saturated rings. The molecule has 2 aliphatic rings. The molecule has 138 valence electrons. The van der Waals surface area contributed by atoms with Crippen LogP contribution in [0.3, 0.4) is 0 Å². The summed E-state index contributed by atoms with van der Waals surface area (Å²) in [5.74, 6) is 2.65. The van der Waals surface area contributed by atoms with Crippen molar-refractivity contribution in [3.63, 3.8) is 0 Å². The van der Waals surface area contributed by atoms with E-state index in [4.69, 9.17) is 14.0 Å². The third-order valence-electron chi connectivity index (χ3n) is 5.25. The Kier molecular flexibility index (Phi) is 4.44. The first kappa shape index (κ1) is 16.8. The Hall–Kier alpha value is -2.70. The average Bonchev–Trinajstić information content (AvgIpc) is 3.29. The third kappa shape index (κ3) is 3.34. The molecule has 2 heterocycles. The Bertz CT molecular complexity index is 796. The van der Waals surface area contributed by atoms with Crippen molar-refractivity contribution < 1.29 is 18.8 Å². The van der Waals surface area contributed by atoms with Gasteiger partial charge in [-0.15, -0.1) is 0 Å². The lowest BCUT2D eigenvalue weighted by atomic mass is 9.69. The van der Waals surface area contributed by atoms with Gasteiger partial charge >= 0.3 is 6.03 Å². The number of nitrogens with one attached hydrogen (secondary N) is 2. The van der Waals surface area contributed by atoms with Crippen molar-refractivity contribution >= 4 is 11.8 Å². The average molecular weight is 357 g/mol. The number of aryl methyl sites for hydroxylation is 1. The summed E-state index contributed by atoms with van der Waals surface area (Å²) in [7, 11) is 0. The summed E-state index contributed by atoms with van der Waals surface area (Å²) in [6.45, 7) is 2.62. The summed E-state index contributed by atoms with van der Waals surface area (Å²) in [6.07, 6.45) is 5.61. The molecule has 0 bridgehead atoms. The molecule has 0 atom stereocenters. The zero-order valence-electron chi connectivity index (χ0n) is 14.8. The fourth-order valence-corrected chi connectivity index (χ4v) is 3.86. The van der Waals surface area contributed by atoms with Crippen molar-refractivity contribution in [3.05, 3.63) is 35.6 Å². The number of nitrogens with zero attached hydrogens (tertiary/aromatic N) is 1. The van der Waals surface area contributed by atoms with E-state index in [2.05, 4.69) is 27.9 Å². The van der Waals surface area contributed by atoms with Gasteiger partial charge in [-0.25, -0.2) is 4.79 Å². The number of fused-ring (bicyclic) bond motifs is 1. The van der Waals surface area contributed by atoms with E-state index in [-0.39, 0.29) is 18.2 Å². The molecule has 0 spiro atoms. The van der Waals surface area contributed by atoms with Crippen LogP contribution < -0.4 is 20.1 Å². The minimum Gasteiger partial charge on any atom is -0.454 e. The second-order valence-electron chi connectivity index (χ2n) is 7.04. The SMILES string of the molecule is Cc1cc(NC(=O)NCC2(c3ccc4c(c3)OCO4)CCCCC2)no1. The Labute approximate surface area is 152 Å². The van der Waals surface area contributed by atoms with E-state index in [9.17, 15) is 4.79 Å². The predicted octanol–water partition coefficient (Wildman–Crippen LogP) is 3.74. The minimum absolute atomic E-state index is 0.0870. The van der Waals surface area contributed by atoms with E-state index in [0.29, 0.717) is 18.1 Å².